The first-order chi connectivity index (χ1) is 25.8. The summed E-state index contributed by atoms with van der Waals surface area (Å²) in [5, 5.41) is 15.5. The quantitative estimate of drug-likeness (QED) is 0.114. The van der Waals surface area contributed by atoms with Crippen molar-refractivity contribution in [2.24, 2.45) is 11.8 Å². The van der Waals surface area contributed by atoms with Crippen molar-refractivity contribution in [3.05, 3.63) is 101 Å². The second-order valence-corrected chi connectivity index (χ2v) is 17.3. The Morgan fingerprint density at radius 1 is 0.981 bits per heavy atom. The molecule has 5 rings (SSSR count). The first kappa shape index (κ1) is 40.9. The molecule has 0 aliphatic carbocycles. The largest absolute Gasteiger partial charge is 0.497 e. The molecular weight excluding hydrogens is 723 g/mol. The minimum Gasteiger partial charge on any atom is -0.497 e. The van der Waals surface area contributed by atoms with Crippen molar-refractivity contribution in [2.45, 2.75) is 83.5 Å². The van der Waals surface area contributed by atoms with Gasteiger partial charge in [-0.2, -0.15) is 0 Å². The summed E-state index contributed by atoms with van der Waals surface area (Å²) in [6, 6.07) is 22.3. The van der Waals surface area contributed by atoms with Crippen LogP contribution in [0.2, 0.25) is 0 Å². The standard InChI is InChI=1S/C41H53N5O6S2/c1-7-36-34(44-40(53-36)30-16-12-9-13-17-30)26-45-20-21-46(41(45)49)38(28(4)5)39(48)43-33(23-29-14-10-8-11-15-29)35(47)25-42-54(50,51)37-19-18-32(52-6)24-31(37)22-27(2)3/h8-19,24,27-28,33,35,38,42,47H,7,20-23,25-26H2,1-6H3,(H,43,48)/t33-,35+,38-/m0/s1. The van der Waals surface area contributed by atoms with Crippen molar-refractivity contribution in [1.82, 2.24) is 24.8 Å². The lowest BCUT2D eigenvalue weighted by Crippen LogP contribution is -2.57. The van der Waals surface area contributed by atoms with Crippen molar-refractivity contribution < 1.29 is 27.9 Å². The Bertz CT molecular complexity index is 1970. The second-order valence-electron chi connectivity index (χ2n) is 14.5. The van der Waals surface area contributed by atoms with E-state index in [-0.39, 0.29) is 35.7 Å². The molecule has 3 N–H and O–H groups in total. The Morgan fingerprint density at radius 3 is 2.30 bits per heavy atom. The van der Waals surface area contributed by atoms with E-state index in [4.69, 9.17) is 9.72 Å². The number of hydrogen-bond acceptors (Lipinski definition) is 8. The number of amides is 3. The molecule has 1 aromatic heterocycles. The minimum absolute atomic E-state index is 0.116. The summed E-state index contributed by atoms with van der Waals surface area (Å²) in [7, 11) is -2.50. The zero-order chi connectivity index (χ0) is 39.0. The van der Waals surface area contributed by atoms with Crippen LogP contribution in [0.3, 0.4) is 0 Å². The highest BCUT2D eigenvalue weighted by Gasteiger charge is 2.40. The zero-order valence-corrected chi connectivity index (χ0v) is 33.6. The third-order valence-electron chi connectivity index (χ3n) is 9.58. The van der Waals surface area contributed by atoms with E-state index in [0.29, 0.717) is 37.4 Å². The summed E-state index contributed by atoms with van der Waals surface area (Å²) < 4.78 is 35.2. The van der Waals surface area contributed by atoms with Gasteiger partial charge >= 0.3 is 6.03 Å². The van der Waals surface area contributed by atoms with Gasteiger partial charge < -0.3 is 25.0 Å². The number of aryl methyl sites for hydroxylation is 1. The summed E-state index contributed by atoms with van der Waals surface area (Å²) in [5.41, 5.74) is 3.36. The van der Waals surface area contributed by atoms with Crippen molar-refractivity contribution in [1.29, 1.82) is 0 Å². The second kappa shape index (κ2) is 18.4. The highest BCUT2D eigenvalue weighted by Crippen LogP contribution is 2.31. The molecule has 1 saturated heterocycles. The number of sulfonamides is 1. The predicted molar refractivity (Wildman–Crippen MR) is 213 cm³/mol. The van der Waals surface area contributed by atoms with Crippen molar-refractivity contribution in [3.63, 3.8) is 0 Å². The first-order valence-corrected chi connectivity index (χ1v) is 20.9. The highest BCUT2D eigenvalue weighted by molar-refractivity contribution is 7.89. The first-order valence-electron chi connectivity index (χ1n) is 18.6. The topological polar surface area (TPSA) is 141 Å². The normalized spacial score (nSPS) is 15.2. The SMILES string of the molecule is CCc1sc(-c2ccccc2)nc1CN1CCN([C@H](C(=O)N[C@@H](Cc2ccccc2)[C@H](O)CNS(=O)(=O)c2ccc(OC)cc2CC(C)C)C(C)C)C1=O. The summed E-state index contributed by atoms with van der Waals surface area (Å²) in [6.45, 7) is 10.7. The van der Waals surface area contributed by atoms with E-state index in [1.807, 2.05) is 88.4 Å². The van der Waals surface area contributed by atoms with Crippen LogP contribution in [-0.4, -0.2) is 85.2 Å². The average Bonchev–Trinajstić information content (AvgIpc) is 3.73. The molecule has 4 aromatic rings. The number of ether oxygens (including phenoxy) is 1. The molecule has 0 saturated carbocycles. The number of rotatable bonds is 18. The number of benzene rings is 3. The summed E-state index contributed by atoms with van der Waals surface area (Å²) >= 11 is 1.63. The number of urea groups is 1. The van der Waals surface area contributed by atoms with Gasteiger partial charge in [-0.25, -0.2) is 22.9 Å². The molecule has 2 heterocycles. The molecule has 1 aliphatic heterocycles. The molecule has 1 aliphatic rings. The van der Waals surface area contributed by atoms with Crippen LogP contribution in [0, 0.1) is 11.8 Å². The number of hydrogen-bond donors (Lipinski definition) is 3. The Morgan fingerprint density at radius 2 is 1.67 bits per heavy atom. The minimum atomic E-state index is -4.03. The molecule has 11 nitrogen and oxygen atoms in total. The van der Waals surface area contributed by atoms with Gasteiger partial charge in [0.25, 0.3) is 0 Å². The smallest absolute Gasteiger partial charge is 0.321 e. The number of thiazole rings is 1. The van der Waals surface area contributed by atoms with Gasteiger partial charge in [0.15, 0.2) is 0 Å². The van der Waals surface area contributed by atoms with E-state index >= 15 is 0 Å². The lowest BCUT2D eigenvalue weighted by molar-refractivity contribution is -0.128. The Balaban J connectivity index is 1.31. The molecule has 0 spiro atoms. The summed E-state index contributed by atoms with van der Waals surface area (Å²) in [6.07, 6.45) is 0.271. The maximum Gasteiger partial charge on any atom is 0.321 e. The van der Waals surface area contributed by atoms with Gasteiger partial charge in [0.05, 0.1) is 36.4 Å². The van der Waals surface area contributed by atoms with Gasteiger partial charge in [0, 0.05) is 30.1 Å². The molecular formula is C41H53N5O6S2. The monoisotopic (exact) mass is 775 g/mol. The number of aromatic nitrogens is 1. The van der Waals surface area contributed by atoms with Gasteiger partial charge in [-0.3, -0.25) is 4.79 Å². The van der Waals surface area contributed by atoms with E-state index in [0.717, 1.165) is 33.1 Å². The maximum absolute atomic E-state index is 14.2. The van der Waals surface area contributed by atoms with Gasteiger partial charge in [0.2, 0.25) is 15.9 Å². The molecule has 0 bridgehead atoms. The van der Waals surface area contributed by atoms with Crippen molar-refractivity contribution in [3.8, 4) is 16.3 Å². The van der Waals surface area contributed by atoms with E-state index < -0.39 is 34.1 Å². The third kappa shape index (κ3) is 10.1. The van der Waals surface area contributed by atoms with E-state index in [1.165, 1.54) is 13.2 Å². The van der Waals surface area contributed by atoms with Crippen LogP contribution in [0.1, 0.15) is 56.3 Å². The van der Waals surface area contributed by atoms with Crippen LogP contribution in [0.5, 0.6) is 5.75 Å². The molecule has 54 heavy (non-hydrogen) atoms. The highest BCUT2D eigenvalue weighted by atomic mass is 32.2. The van der Waals surface area contributed by atoms with Crippen LogP contribution < -0.4 is 14.8 Å². The molecule has 3 atom stereocenters. The van der Waals surface area contributed by atoms with Gasteiger partial charge in [-0.15, -0.1) is 11.3 Å². The third-order valence-corrected chi connectivity index (χ3v) is 12.4. The molecule has 290 valence electrons. The van der Waals surface area contributed by atoms with Crippen molar-refractivity contribution >= 4 is 33.3 Å². The fourth-order valence-electron chi connectivity index (χ4n) is 6.86. The van der Waals surface area contributed by atoms with Gasteiger partial charge in [-0.1, -0.05) is 95.3 Å². The zero-order valence-electron chi connectivity index (χ0n) is 32.0. The van der Waals surface area contributed by atoms with Crippen LogP contribution >= 0.6 is 11.3 Å². The fraction of sp³-hybridized carbons (Fsp3) is 0.439. The molecule has 1 fully saturated rings. The molecule has 0 unspecified atom stereocenters. The van der Waals surface area contributed by atoms with Crippen molar-refractivity contribution in [2.75, 3.05) is 26.7 Å². The molecule has 3 aromatic carbocycles. The molecule has 13 heteroatoms. The van der Waals surface area contributed by atoms with E-state index in [2.05, 4.69) is 17.0 Å². The number of aliphatic hydroxyl groups excluding tert-OH is 1. The number of carbonyl (C=O) groups excluding carboxylic acids is 2. The van der Waals surface area contributed by atoms with Crippen LogP contribution in [0.15, 0.2) is 83.8 Å². The lowest BCUT2D eigenvalue weighted by atomic mass is 9.98. The maximum atomic E-state index is 14.2. The lowest BCUT2D eigenvalue weighted by Gasteiger charge is -2.33. The van der Waals surface area contributed by atoms with Crippen LogP contribution in [0.25, 0.3) is 10.6 Å². The number of nitrogens with zero attached hydrogens (tertiary/aromatic N) is 3. The van der Waals surface area contributed by atoms with Gasteiger partial charge in [-0.05, 0) is 60.4 Å². The fourth-order valence-corrected chi connectivity index (χ4v) is 9.15. The molecule has 0 radical (unpaired) electrons. The number of nitrogens with one attached hydrogen (secondary N) is 2. The average molecular weight is 776 g/mol. The number of carbonyl (C=O) groups is 2. The summed E-state index contributed by atoms with van der Waals surface area (Å²) in [4.78, 5) is 37.6. The van der Waals surface area contributed by atoms with E-state index in [9.17, 15) is 23.1 Å². The van der Waals surface area contributed by atoms with Gasteiger partial charge in [0.1, 0.15) is 16.8 Å². The Kier molecular flexibility index (Phi) is 13.9. The molecule has 3 amide bonds. The number of aliphatic hydroxyl groups is 1. The number of methoxy groups -OCH3 is 1. The van der Waals surface area contributed by atoms with Crippen LogP contribution in [0.4, 0.5) is 4.79 Å². The summed E-state index contributed by atoms with van der Waals surface area (Å²) in [5.74, 6) is 0.0954. The Hall–Kier alpha value is -4.30. The Labute approximate surface area is 323 Å². The predicted octanol–water partition coefficient (Wildman–Crippen LogP) is 5.91. The van der Waals surface area contributed by atoms with Crippen LogP contribution in [-0.2, 0) is 40.6 Å². The van der Waals surface area contributed by atoms with E-state index in [1.54, 1.807) is 33.3 Å².